The van der Waals surface area contributed by atoms with Crippen LogP contribution in [-0.2, 0) is 24.8 Å². The lowest BCUT2D eigenvalue weighted by atomic mass is 10.0. The highest BCUT2D eigenvalue weighted by molar-refractivity contribution is 6.30. The number of hydrogen-bond acceptors (Lipinski definition) is 3. The first-order valence-corrected chi connectivity index (χ1v) is 7.74. The molecule has 1 N–H and O–H groups in total. The molecule has 1 atom stereocenters. The number of pyridine rings is 1. The summed E-state index contributed by atoms with van der Waals surface area (Å²) in [5, 5.41) is 10.8. The van der Waals surface area contributed by atoms with E-state index in [9.17, 15) is 14.7 Å². The lowest BCUT2D eigenvalue weighted by molar-refractivity contribution is -0.141. The van der Waals surface area contributed by atoms with Crippen molar-refractivity contribution in [3.8, 4) is 0 Å². The largest absolute Gasteiger partial charge is 0.378 e. The second kappa shape index (κ2) is 6.18. The molecule has 3 rings (SSSR count). The first-order valence-electron chi connectivity index (χ1n) is 7.36. The van der Waals surface area contributed by atoms with Gasteiger partial charge in [0.25, 0.3) is 11.5 Å². The summed E-state index contributed by atoms with van der Waals surface area (Å²) in [4.78, 5) is 25.8. The van der Waals surface area contributed by atoms with E-state index in [0.29, 0.717) is 30.1 Å². The number of fused-ring (bicyclic) bond motifs is 1. The molecular formula is C17H17ClN2O3. The number of benzene rings is 1. The number of aliphatic hydroxyl groups is 1. The number of aliphatic hydroxyl groups excluding tert-OH is 1. The molecule has 120 valence electrons. The Kier molecular flexibility index (Phi) is 4.24. The van der Waals surface area contributed by atoms with Crippen LogP contribution in [0, 0.1) is 0 Å². The molecule has 1 aliphatic heterocycles. The lowest BCUT2D eigenvalue weighted by Gasteiger charge is -2.30. The predicted molar refractivity (Wildman–Crippen MR) is 87.2 cm³/mol. The molecule has 5 nitrogen and oxygen atoms in total. The molecule has 0 bridgehead atoms. The summed E-state index contributed by atoms with van der Waals surface area (Å²) >= 11 is 5.82. The molecule has 1 aromatic carbocycles. The highest BCUT2D eigenvalue weighted by Gasteiger charge is 2.27. The number of carbonyl (C=O) groups is 1. The van der Waals surface area contributed by atoms with Crippen LogP contribution in [0.2, 0.25) is 5.02 Å². The van der Waals surface area contributed by atoms with E-state index in [1.54, 1.807) is 48.5 Å². The predicted octanol–water partition coefficient (Wildman–Crippen LogP) is 1.66. The smallest absolute Gasteiger partial charge is 0.256 e. The average Bonchev–Trinajstić information content (AvgIpc) is 2.55. The molecule has 0 saturated carbocycles. The Balaban J connectivity index is 1.79. The third kappa shape index (κ3) is 3.16. The molecular weight excluding hydrogens is 316 g/mol. The van der Waals surface area contributed by atoms with Crippen LogP contribution < -0.4 is 5.56 Å². The molecule has 23 heavy (non-hydrogen) atoms. The molecule has 0 aliphatic carbocycles. The van der Waals surface area contributed by atoms with Gasteiger partial charge in [-0.15, -0.1) is 0 Å². The van der Waals surface area contributed by atoms with Crippen LogP contribution in [-0.4, -0.2) is 27.0 Å². The molecule has 0 fully saturated rings. The highest BCUT2D eigenvalue weighted by Crippen LogP contribution is 2.23. The minimum absolute atomic E-state index is 0.0512. The monoisotopic (exact) mass is 332 g/mol. The number of nitrogens with zero attached hydrogens (tertiary/aromatic N) is 2. The van der Waals surface area contributed by atoms with Crippen molar-refractivity contribution in [2.75, 3.05) is 6.54 Å². The Bertz CT molecular complexity index is 798. The Hall–Kier alpha value is -2.11. The van der Waals surface area contributed by atoms with Gasteiger partial charge in [-0.05, 0) is 35.2 Å². The summed E-state index contributed by atoms with van der Waals surface area (Å²) < 4.78 is 1.50. The van der Waals surface area contributed by atoms with Crippen molar-refractivity contribution in [2.24, 2.45) is 7.05 Å². The fraction of sp³-hybridized carbons (Fsp3) is 0.294. The zero-order chi connectivity index (χ0) is 16.6. The maximum absolute atomic E-state index is 12.5. The Labute approximate surface area is 138 Å². The van der Waals surface area contributed by atoms with Gasteiger partial charge in [-0.2, -0.15) is 0 Å². The van der Waals surface area contributed by atoms with Gasteiger partial charge in [0.05, 0.1) is 0 Å². The number of amides is 1. The van der Waals surface area contributed by atoms with Gasteiger partial charge in [-0.1, -0.05) is 23.7 Å². The van der Waals surface area contributed by atoms with Crippen LogP contribution in [0.5, 0.6) is 0 Å². The van der Waals surface area contributed by atoms with E-state index in [2.05, 4.69) is 0 Å². The minimum Gasteiger partial charge on any atom is -0.378 e. The summed E-state index contributed by atoms with van der Waals surface area (Å²) in [6, 6.07) is 8.20. The SMILES string of the molecule is Cn1cc2c(cc1=O)CCN(C(=O)C(O)c1ccc(Cl)cc1)C2. The maximum Gasteiger partial charge on any atom is 0.256 e. The first kappa shape index (κ1) is 15.8. The minimum atomic E-state index is -1.21. The second-order valence-corrected chi connectivity index (χ2v) is 6.17. The number of hydrogen-bond donors (Lipinski definition) is 1. The summed E-state index contributed by atoms with van der Waals surface area (Å²) in [5.74, 6) is -0.341. The van der Waals surface area contributed by atoms with E-state index < -0.39 is 6.10 Å². The van der Waals surface area contributed by atoms with Crippen LogP contribution >= 0.6 is 11.6 Å². The molecule has 1 aromatic heterocycles. The number of carbonyl (C=O) groups excluding carboxylic acids is 1. The van der Waals surface area contributed by atoms with Gasteiger partial charge in [-0.25, -0.2) is 0 Å². The lowest BCUT2D eigenvalue weighted by Crippen LogP contribution is -2.39. The normalized spacial score (nSPS) is 15.2. The van der Waals surface area contributed by atoms with Crippen LogP contribution in [0.15, 0.2) is 41.3 Å². The van der Waals surface area contributed by atoms with Crippen molar-refractivity contribution < 1.29 is 9.90 Å². The molecule has 2 heterocycles. The van der Waals surface area contributed by atoms with Gasteiger partial charge in [0, 0.05) is 37.4 Å². The van der Waals surface area contributed by atoms with Crippen molar-refractivity contribution in [3.05, 3.63) is 68.6 Å². The van der Waals surface area contributed by atoms with Crippen LogP contribution in [0.1, 0.15) is 22.8 Å². The fourth-order valence-corrected chi connectivity index (χ4v) is 2.91. The summed E-state index contributed by atoms with van der Waals surface area (Å²) in [7, 11) is 1.69. The third-order valence-electron chi connectivity index (χ3n) is 4.15. The number of halogens is 1. The fourth-order valence-electron chi connectivity index (χ4n) is 2.79. The van der Waals surface area contributed by atoms with Gasteiger partial charge < -0.3 is 14.6 Å². The van der Waals surface area contributed by atoms with E-state index in [1.807, 2.05) is 0 Å². The van der Waals surface area contributed by atoms with Gasteiger partial charge in [-0.3, -0.25) is 9.59 Å². The van der Waals surface area contributed by atoms with Crippen LogP contribution in [0.3, 0.4) is 0 Å². The van der Waals surface area contributed by atoms with Gasteiger partial charge in [0.15, 0.2) is 6.10 Å². The van der Waals surface area contributed by atoms with E-state index in [4.69, 9.17) is 11.6 Å². The van der Waals surface area contributed by atoms with Crippen molar-refractivity contribution in [3.63, 3.8) is 0 Å². The van der Waals surface area contributed by atoms with E-state index >= 15 is 0 Å². The number of rotatable bonds is 2. The summed E-state index contributed by atoms with van der Waals surface area (Å²) in [5.41, 5.74) is 2.38. The molecule has 0 saturated heterocycles. The van der Waals surface area contributed by atoms with Gasteiger partial charge in [0.2, 0.25) is 0 Å². The van der Waals surface area contributed by atoms with Crippen molar-refractivity contribution >= 4 is 17.5 Å². The van der Waals surface area contributed by atoms with Crippen molar-refractivity contribution in [1.29, 1.82) is 0 Å². The van der Waals surface area contributed by atoms with Gasteiger partial charge in [0.1, 0.15) is 0 Å². The summed E-state index contributed by atoms with van der Waals surface area (Å²) in [6.07, 6.45) is 1.16. The Morgan fingerprint density at radius 2 is 1.96 bits per heavy atom. The zero-order valence-corrected chi connectivity index (χ0v) is 13.5. The zero-order valence-electron chi connectivity index (χ0n) is 12.7. The molecule has 1 aliphatic rings. The van der Waals surface area contributed by atoms with Gasteiger partial charge >= 0.3 is 0 Å². The van der Waals surface area contributed by atoms with E-state index in [1.165, 1.54) is 4.57 Å². The quantitative estimate of drug-likeness (QED) is 0.909. The third-order valence-corrected chi connectivity index (χ3v) is 4.40. The van der Waals surface area contributed by atoms with E-state index in [0.717, 1.165) is 11.1 Å². The van der Waals surface area contributed by atoms with Crippen molar-refractivity contribution in [2.45, 2.75) is 19.1 Å². The topological polar surface area (TPSA) is 62.5 Å². The van der Waals surface area contributed by atoms with Crippen LogP contribution in [0.25, 0.3) is 0 Å². The van der Waals surface area contributed by atoms with E-state index in [-0.39, 0.29) is 11.5 Å². The molecule has 1 unspecified atom stereocenters. The van der Waals surface area contributed by atoms with Crippen molar-refractivity contribution in [1.82, 2.24) is 9.47 Å². The first-order chi connectivity index (χ1) is 11.0. The average molecular weight is 333 g/mol. The molecule has 6 heteroatoms. The molecule has 0 spiro atoms. The molecule has 2 aromatic rings. The molecule has 0 radical (unpaired) electrons. The standard InChI is InChI=1S/C17H17ClN2O3/c1-19-9-13-10-20(7-6-12(13)8-15(19)21)17(23)16(22)11-2-4-14(18)5-3-11/h2-5,8-9,16,22H,6-7,10H2,1H3. The Morgan fingerprint density at radius 1 is 1.26 bits per heavy atom. The maximum atomic E-state index is 12.5. The molecule has 1 amide bonds. The number of aromatic nitrogens is 1. The number of aryl methyl sites for hydroxylation is 1. The highest BCUT2D eigenvalue weighted by atomic mass is 35.5. The van der Waals surface area contributed by atoms with Crippen LogP contribution in [0.4, 0.5) is 0 Å². The second-order valence-electron chi connectivity index (χ2n) is 5.74. The summed E-state index contributed by atoms with van der Waals surface area (Å²) in [6.45, 7) is 0.886. The Morgan fingerprint density at radius 3 is 2.65 bits per heavy atom.